The summed E-state index contributed by atoms with van der Waals surface area (Å²) >= 11 is 18.2. The summed E-state index contributed by atoms with van der Waals surface area (Å²) in [5.41, 5.74) is 3.03. The van der Waals surface area contributed by atoms with E-state index in [1.807, 2.05) is 0 Å². The zero-order valence-corrected chi connectivity index (χ0v) is 15.9. The first kappa shape index (κ1) is 17.9. The van der Waals surface area contributed by atoms with Gasteiger partial charge in [0.15, 0.2) is 5.58 Å². The predicted octanol–water partition coefficient (Wildman–Crippen LogP) is 6.91. The van der Waals surface area contributed by atoms with Crippen molar-refractivity contribution >= 4 is 57.8 Å². The van der Waals surface area contributed by atoms with Gasteiger partial charge >= 0.3 is 0 Å². The third kappa shape index (κ3) is 3.65. The summed E-state index contributed by atoms with van der Waals surface area (Å²) in [6, 6.07) is 15.4. The number of benzene rings is 3. The Kier molecular flexibility index (Phi) is 4.79. The molecule has 0 saturated heterocycles. The molecule has 0 aliphatic carbocycles. The summed E-state index contributed by atoms with van der Waals surface area (Å²) < 4.78 is 5.78. The van der Waals surface area contributed by atoms with E-state index >= 15 is 0 Å². The van der Waals surface area contributed by atoms with E-state index in [9.17, 15) is 5.11 Å². The van der Waals surface area contributed by atoms with Crippen LogP contribution >= 0.6 is 34.8 Å². The van der Waals surface area contributed by atoms with E-state index in [1.54, 1.807) is 48.5 Å². The molecule has 0 radical (unpaired) electrons. The number of aromatic nitrogens is 1. The number of aliphatic imine (C=N–C) groups is 1. The Balaban J connectivity index is 1.70. The lowest BCUT2D eigenvalue weighted by molar-refractivity contribution is 0.474. The molecule has 1 aromatic heterocycles. The van der Waals surface area contributed by atoms with Crippen molar-refractivity contribution in [3.63, 3.8) is 0 Å². The molecule has 4 rings (SSSR count). The fourth-order valence-corrected chi connectivity index (χ4v) is 3.12. The molecular formula is C20H11Cl3N2O2. The number of oxazole rings is 1. The van der Waals surface area contributed by atoms with Crippen molar-refractivity contribution in [3.05, 3.63) is 75.2 Å². The van der Waals surface area contributed by atoms with Gasteiger partial charge < -0.3 is 9.52 Å². The molecule has 0 bridgehead atoms. The van der Waals surface area contributed by atoms with Crippen LogP contribution in [0, 0.1) is 0 Å². The number of fused-ring (bicyclic) bond motifs is 1. The van der Waals surface area contributed by atoms with Gasteiger partial charge in [0.2, 0.25) is 5.89 Å². The second-order valence-corrected chi connectivity index (χ2v) is 6.96. The average molecular weight is 418 g/mol. The third-order valence-corrected chi connectivity index (χ3v) is 4.95. The van der Waals surface area contributed by atoms with Gasteiger partial charge in [-0.05, 0) is 48.5 Å². The monoisotopic (exact) mass is 416 g/mol. The second-order valence-electron chi connectivity index (χ2n) is 5.73. The molecule has 3 aromatic carbocycles. The van der Waals surface area contributed by atoms with Gasteiger partial charge in [-0.3, -0.25) is 4.99 Å². The summed E-state index contributed by atoms with van der Waals surface area (Å²) in [5, 5.41) is 11.2. The number of nitrogens with zero attached hydrogens (tertiary/aromatic N) is 2. The molecule has 1 N–H and O–H groups in total. The number of aromatic hydroxyl groups is 1. The molecular weight excluding hydrogens is 407 g/mol. The molecule has 0 atom stereocenters. The Morgan fingerprint density at radius 2 is 1.85 bits per heavy atom. The molecule has 4 aromatic rings. The lowest BCUT2D eigenvalue weighted by Crippen LogP contribution is -1.82. The van der Waals surface area contributed by atoms with Crippen LogP contribution < -0.4 is 0 Å². The summed E-state index contributed by atoms with van der Waals surface area (Å²) in [4.78, 5) is 8.85. The molecule has 7 heteroatoms. The molecule has 0 unspecified atom stereocenters. The number of hydrogen-bond donors (Lipinski definition) is 1. The van der Waals surface area contributed by atoms with Crippen molar-refractivity contribution in [1.29, 1.82) is 0 Å². The number of halogens is 3. The van der Waals surface area contributed by atoms with Gasteiger partial charge in [-0.1, -0.05) is 40.9 Å². The van der Waals surface area contributed by atoms with Crippen molar-refractivity contribution in [3.8, 4) is 17.2 Å². The van der Waals surface area contributed by atoms with Crippen LogP contribution in [-0.4, -0.2) is 16.3 Å². The van der Waals surface area contributed by atoms with Gasteiger partial charge in [0.05, 0.1) is 21.3 Å². The van der Waals surface area contributed by atoms with Crippen LogP contribution in [0.4, 0.5) is 5.69 Å². The maximum atomic E-state index is 9.86. The first-order valence-electron chi connectivity index (χ1n) is 7.89. The number of rotatable bonds is 3. The van der Waals surface area contributed by atoms with E-state index in [2.05, 4.69) is 9.98 Å². The summed E-state index contributed by atoms with van der Waals surface area (Å²) in [6.07, 6.45) is 1.54. The van der Waals surface area contributed by atoms with Crippen LogP contribution in [0.15, 0.2) is 64.0 Å². The Labute approximate surface area is 169 Å². The first-order chi connectivity index (χ1) is 13.0. The highest BCUT2D eigenvalue weighted by Crippen LogP contribution is 2.35. The van der Waals surface area contributed by atoms with Crippen molar-refractivity contribution in [1.82, 2.24) is 4.98 Å². The summed E-state index contributed by atoms with van der Waals surface area (Å²) in [7, 11) is 0. The van der Waals surface area contributed by atoms with Crippen LogP contribution in [0.3, 0.4) is 0 Å². The molecule has 0 aliphatic rings. The van der Waals surface area contributed by atoms with Crippen LogP contribution in [-0.2, 0) is 0 Å². The Morgan fingerprint density at radius 3 is 2.70 bits per heavy atom. The molecule has 1 heterocycles. The minimum atomic E-state index is 0.101. The van der Waals surface area contributed by atoms with Gasteiger partial charge in [-0.2, -0.15) is 0 Å². The molecule has 0 amide bonds. The topological polar surface area (TPSA) is 58.6 Å². The van der Waals surface area contributed by atoms with Crippen LogP contribution in [0.2, 0.25) is 15.1 Å². The number of phenols is 1. The van der Waals surface area contributed by atoms with E-state index in [0.717, 1.165) is 0 Å². The molecule has 0 saturated carbocycles. The van der Waals surface area contributed by atoms with Crippen LogP contribution in [0.5, 0.6) is 5.75 Å². The average Bonchev–Trinajstić information content (AvgIpc) is 3.07. The zero-order valence-electron chi connectivity index (χ0n) is 13.7. The fourth-order valence-electron chi connectivity index (χ4n) is 2.55. The van der Waals surface area contributed by atoms with Crippen molar-refractivity contribution < 1.29 is 9.52 Å². The Bertz CT molecular complexity index is 1190. The number of hydrogen-bond acceptors (Lipinski definition) is 4. The largest absolute Gasteiger partial charge is 0.507 e. The quantitative estimate of drug-likeness (QED) is 0.368. The van der Waals surface area contributed by atoms with E-state index in [0.29, 0.717) is 48.9 Å². The highest BCUT2D eigenvalue weighted by atomic mass is 35.5. The highest BCUT2D eigenvalue weighted by molar-refractivity contribution is 6.43. The van der Waals surface area contributed by atoms with Gasteiger partial charge in [-0.15, -0.1) is 0 Å². The lowest BCUT2D eigenvalue weighted by Gasteiger charge is -2.00. The van der Waals surface area contributed by atoms with Gasteiger partial charge in [-0.25, -0.2) is 4.98 Å². The third-order valence-electron chi connectivity index (χ3n) is 3.90. The van der Waals surface area contributed by atoms with Crippen molar-refractivity contribution in [2.75, 3.05) is 0 Å². The zero-order chi connectivity index (χ0) is 19.0. The first-order valence-corrected chi connectivity index (χ1v) is 9.02. The van der Waals surface area contributed by atoms with E-state index in [4.69, 9.17) is 39.2 Å². The van der Waals surface area contributed by atoms with Crippen LogP contribution in [0.25, 0.3) is 22.6 Å². The Hall–Kier alpha value is -2.53. The highest BCUT2D eigenvalue weighted by Gasteiger charge is 2.13. The minimum absolute atomic E-state index is 0.101. The number of phenolic OH excluding ortho intramolecular Hbond substituents is 1. The molecule has 0 spiro atoms. The molecule has 0 fully saturated rings. The minimum Gasteiger partial charge on any atom is -0.507 e. The summed E-state index contributed by atoms with van der Waals surface area (Å²) in [6.45, 7) is 0. The van der Waals surface area contributed by atoms with E-state index in [1.165, 1.54) is 12.3 Å². The van der Waals surface area contributed by atoms with Gasteiger partial charge in [0.1, 0.15) is 11.3 Å². The molecule has 0 aliphatic heterocycles. The standard InChI is InChI=1S/C20H11Cl3N2O2/c21-12-4-6-17(26)11(8-12)10-24-13-5-7-18-16(9-13)25-20(27-18)14-2-1-3-15(22)19(14)23/h1-10,26H. The van der Waals surface area contributed by atoms with Gasteiger partial charge in [0.25, 0.3) is 0 Å². The molecule has 27 heavy (non-hydrogen) atoms. The lowest BCUT2D eigenvalue weighted by atomic mass is 10.2. The maximum Gasteiger partial charge on any atom is 0.228 e. The summed E-state index contributed by atoms with van der Waals surface area (Å²) in [5.74, 6) is 0.481. The Morgan fingerprint density at radius 1 is 1.00 bits per heavy atom. The second kappa shape index (κ2) is 7.24. The maximum absolute atomic E-state index is 9.86. The van der Waals surface area contributed by atoms with Crippen molar-refractivity contribution in [2.24, 2.45) is 4.99 Å². The van der Waals surface area contributed by atoms with E-state index < -0.39 is 0 Å². The smallest absolute Gasteiger partial charge is 0.228 e. The van der Waals surface area contributed by atoms with Crippen molar-refractivity contribution in [2.45, 2.75) is 0 Å². The molecule has 134 valence electrons. The predicted molar refractivity (Wildman–Crippen MR) is 110 cm³/mol. The SMILES string of the molecule is Oc1ccc(Cl)cc1C=Nc1ccc2oc(-c3cccc(Cl)c3Cl)nc2c1. The molecule has 4 nitrogen and oxygen atoms in total. The van der Waals surface area contributed by atoms with Crippen LogP contribution in [0.1, 0.15) is 5.56 Å². The van der Waals surface area contributed by atoms with E-state index in [-0.39, 0.29) is 5.75 Å². The normalized spacial score (nSPS) is 11.5. The fraction of sp³-hybridized carbons (Fsp3) is 0. The van der Waals surface area contributed by atoms with Gasteiger partial charge in [0, 0.05) is 16.8 Å².